The molecular weight excluding hydrogens is 714 g/mol. The minimum atomic E-state index is -1.62. The lowest BCUT2D eigenvalue weighted by Gasteiger charge is -2.32. The number of aryl methyl sites for hydroxylation is 1. The highest BCUT2D eigenvalue weighted by molar-refractivity contribution is 5.99. The molecule has 0 aromatic heterocycles. The molecule has 0 aliphatic carbocycles. The van der Waals surface area contributed by atoms with Crippen LogP contribution in [0.1, 0.15) is 104 Å². The number of cyclic esters (lactones) is 1. The van der Waals surface area contributed by atoms with E-state index in [0.717, 1.165) is 44.1 Å². The van der Waals surface area contributed by atoms with Crippen LogP contribution >= 0.6 is 0 Å². The van der Waals surface area contributed by atoms with Gasteiger partial charge in [0.1, 0.15) is 42.1 Å². The third kappa shape index (κ3) is 16.0. The van der Waals surface area contributed by atoms with Gasteiger partial charge in [-0.15, -0.1) is 0 Å². The van der Waals surface area contributed by atoms with Gasteiger partial charge in [0.25, 0.3) is 0 Å². The summed E-state index contributed by atoms with van der Waals surface area (Å²) >= 11 is 0. The molecule has 1 aromatic carbocycles. The van der Waals surface area contributed by atoms with Crippen LogP contribution in [-0.4, -0.2) is 88.7 Å². The van der Waals surface area contributed by atoms with E-state index in [9.17, 15) is 43.5 Å². The summed E-state index contributed by atoms with van der Waals surface area (Å²) in [6, 6.07) is -0.207. The molecular formula is C38H59N7O10. The lowest BCUT2D eigenvalue weighted by molar-refractivity contribution is -0.157. The minimum Gasteiger partial charge on any atom is -0.508 e. The van der Waals surface area contributed by atoms with Crippen molar-refractivity contribution in [2.75, 3.05) is 0 Å². The van der Waals surface area contributed by atoms with Crippen LogP contribution in [0.3, 0.4) is 0 Å². The Balaban J connectivity index is 2.28. The van der Waals surface area contributed by atoms with Crippen molar-refractivity contribution in [2.24, 2.45) is 23.3 Å². The van der Waals surface area contributed by atoms with Gasteiger partial charge >= 0.3 is 5.97 Å². The summed E-state index contributed by atoms with van der Waals surface area (Å²) in [7, 11) is 0. The van der Waals surface area contributed by atoms with Gasteiger partial charge in [0, 0.05) is 6.42 Å². The molecule has 0 spiro atoms. The highest BCUT2D eigenvalue weighted by Crippen LogP contribution is 2.16. The number of rotatable bonds is 17. The number of primary amides is 2. The number of hydrogen-bond acceptors (Lipinski definition) is 10. The van der Waals surface area contributed by atoms with Gasteiger partial charge in [-0.25, -0.2) is 4.79 Å². The zero-order valence-corrected chi connectivity index (χ0v) is 32.5. The topological polar surface area (TPSA) is 278 Å². The number of phenolic OH excluding ortho intramolecular Hbond substituents is 1. The number of nitrogens with one attached hydrogen (secondary N) is 5. The van der Waals surface area contributed by atoms with E-state index < -0.39 is 108 Å². The molecule has 17 heteroatoms. The average molecular weight is 774 g/mol. The molecule has 1 aliphatic rings. The molecule has 0 radical (unpaired) electrons. The van der Waals surface area contributed by atoms with E-state index in [-0.39, 0.29) is 12.2 Å². The molecule has 2 rings (SSSR count). The van der Waals surface area contributed by atoms with Crippen molar-refractivity contribution in [3.63, 3.8) is 0 Å². The molecule has 0 bridgehead atoms. The molecule has 306 valence electrons. The molecule has 1 fully saturated rings. The Labute approximate surface area is 322 Å². The molecule has 0 saturated carbocycles. The number of benzene rings is 1. The lowest BCUT2D eigenvalue weighted by Crippen LogP contribution is -2.63. The molecule has 1 aromatic rings. The van der Waals surface area contributed by atoms with Crippen molar-refractivity contribution in [3.05, 3.63) is 29.8 Å². The first kappa shape index (κ1) is 45.9. The third-order valence-corrected chi connectivity index (χ3v) is 9.51. The van der Waals surface area contributed by atoms with Crippen molar-refractivity contribution >= 4 is 47.3 Å². The van der Waals surface area contributed by atoms with E-state index in [2.05, 4.69) is 26.6 Å². The second-order valence-electron chi connectivity index (χ2n) is 14.5. The molecule has 10 N–H and O–H groups in total. The van der Waals surface area contributed by atoms with Gasteiger partial charge in [0.15, 0.2) is 0 Å². The molecule has 1 heterocycles. The quantitative estimate of drug-likeness (QED) is 0.0801. The predicted molar refractivity (Wildman–Crippen MR) is 201 cm³/mol. The number of hydrogen-bond donors (Lipinski definition) is 8. The van der Waals surface area contributed by atoms with Gasteiger partial charge < -0.3 is 47.9 Å². The summed E-state index contributed by atoms with van der Waals surface area (Å²) in [5.74, 6) is -8.04. The number of ether oxygens (including phenoxy) is 1. The van der Waals surface area contributed by atoms with Crippen molar-refractivity contribution in [3.8, 4) is 5.75 Å². The molecule has 1 saturated heterocycles. The number of esters is 1. The zero-order valence-electron chi connectivity index (χ0n) is 32.5. The minimum absolute atomic E-state index is 0.0722. The van der Waals surface area contributed by atoms with E-state index in [1.165, 1.54) is 6.92 Å². The Morgan fingerprint density at radius 2 is 1.25 bits per heavy atom. The Bertz CT molecular complexity index is 1500. The van der Waals surface area contributed by atoms with Crippen molar-refractivity contribution in [1.29, 1.82) is 0 Å². The Morgan fingerprint density at radius 1 is 0.745 bits per heavy atom. The number of amides is 7. The van der Waals surface area contributed by atoms with E-state index >= 15 is 0 Å². The number of carbonyl (C=O) groups excluding carboxylic acids is 8. The summed E-state index contributed by atoms with van der Waals surface area (Å²) in [5, 5.41) is 21.9. The molecule has 1 aliphatic heterocycles. The van der Waals surface area contributed by atoms with Crippen LogP contribution in [0.25, 0.3) is 0 Å². The zero-order chi connectivity index (χ0) is 41.2. The fourth-order valence-corrected chi connectivity index (χ4v) is 6.01. The van der Waals surface area contributed by atoms with Crippen molar-refractivity contribution in [1.82, 2.24) is 26.6 Å². The van der Waals surface area contributed by atoms with Crippen molar-refractivity contribution in [2.45, 2.75) is 142 Å². The molecule has 0 unspecified atom stereocenters. The number of aromatic hydroxyl groups is 1. The van der Waals surface area contributed by atoms with Gasteiger partial charge in [-0.2, -0.15) is 0 Å². The molecule has 55 heavy (non-hydrogen) atoms. The fraction of sp³-hybridized carbons (Fsp3) is 0.632. The Hall–Kier alpha value is -5.22. The number of nitrogens with two attached hydrogens (primary N) is 2. The smallest absolute Gasteiger partial charge is 0.329 e. The second kappa shape index (κ2) is 22.9. The molecule has 17 nitrogen and oxygen atoms in total. The van der Waals surface area contributed by atoms with Crippen LogP contribution in [0.15, 0.2) is 24.3 Å². The first-order valence-corrected chi connectivity index (χ1v) is 19.0. The standard InChI is InChI=1S/C38H59N7O10/c1-6-22(4)32-38(54)55-23(5)33(43-30(49)14-12-10-8-7-9-11-13-24-15-17-25(46)18-16-24)37(53)44-31(21(2)3)36(52)42-26(19-28(39)47)34(50)41-27(20-29(40)48)35(51)45-32/h15-18,21-23,26-27,31-33,46H,6-14,19-20H2,1-5H3,(H2,39,47)(H2,40,48)(H,41,50)(H,42,52)(H,43,49)(H,44,53)(H,45,51)/t22-,23-,26+,27+,31+,32+,33+/m1/s1. The van der Waals surface area contributed by atoms with E-state index in [0.29, 0.717) is 12.8 Å². The van der Waals surface area contributed by atoms with Gasteiger partial charge in [-0.1, -0.05) is 71.9 Å². The normalized spacial score (nSPS) is 23.4. The van der Waals surface area contributed by atoms with Gasteiger partial charge in [-0.3, -0.25) is 33.6 Å². The molecule has 7 atom stereocenters. The van der Waals surface area contributed by atoms with E-state index in [1.807, 2.05) is 12.1 Å². The lowest BCUT2D eigenvalue weighted by atomic mass is 9.98. The van der Waals surface area contributed by atoms with Crippen LogP contribution in [0.2, 0.25) is 0 Å². The van der Waals surface area contributed by atoms with Gasteiger partial charge in [0.05, 0.1) is 12.8 Å². The predicted octanol–water partition coefficient (Wildman–Crippen LogP) is 0.488. The first-order valence-electron chi connectivity index (χ1n) is 19.0. The second-order valence-corrected chi connectivity index (χ2v) is 14.5. The number of carbonyl (C=O) groups is 8. The van der Waals surface area contributed by atoms with Crippen LogP contribution in [0, 0.1) is 11.8 Å². The fourth-order valence-electron chi connectivity index (χ4n) is 6.01. The molecule has 7 amide bonds. The summed E-state index contributed by atoms with van der Waals surface area (Å²) in [6.07, 6.45) is 3.82. The number of unbranched alkanes of at least 4 members (excludes halogenated alkanes) is 5. The van der Waals surface area contributed by atoms with Gasteiger partial charge in [0.2, 0.25) is 41.4 Å². The maximum absolute atomic E-state index is 13.8. The van der Waals surface area contributed by atoms with E-state index in [1.54, 1.807) is 39.8 Å². The largest absolute Gasteiger partial charge is 0.508 e. The third-order valence-electron chi connectivity index (χ3n) is 9.51. The maximum Gasteiger partial charge on any atom is 0.329 e. The van der Waals surface area contributed by atoms with Crippen LogP contribution in [0.4, 0.5) is 0 Å². The highest BCUT2D eigenvalue weighted by Gasteiger charge is 2.39. The average Bonchev–Trinajstić information content (AvgIpc) is 3.11. The monoisotopic (exact) mass is 773 g/mol. The highest BCUT2D eigenvalue weighted by atomic mass is 16.5. The summed E-state index contributed by atoms with van der Waals surface area (Å²) < 4.78 is 5.69. The Morgan fingerprint density at radius 3 is 1.80 bits per heavy atom. The van der Waals surface area contributed by atoms with Crippen LogP contribution in [-0.2, 0) is 49.5 Å². The van der Waals surface area contributed by atoms with E-state index in [4.69, 9.17) is 16.2 Å². The summed E-state index contributed by atoms with van der Waals surface area (Å²) in [4.78, 5) is 105. The SMILES string of the molecule is CC[C@@H](C)[C@@H]1NC(=O)[C@H](CC(N)=O)NC(=O)[C@H](CC(N)=O)NC(=O)[C@H](C(C)C)NC(=O)[C@@H](NC(=O)CCCCCCCCc2ccc(O)cc2)[C@@H](C)OC1=O. The maximum atomic E-state index is 13.8. The Kier molecular flexibility index (Phi) is 19.1. The van der Waals surface area contributed by atoms with Gasteiger partial charge in [-0.05, 0) is 55.7 Å². The van der Waals surface area contributed by atoms with Crippen LogP contribution < -0.4 is 38.1 Å². The first-order chi connectivity index (χ1) is 25.9. The van der Waals surface area contributed by atoms with Crippen molar-refractivity contribution < 1.29 is 48.2 Å². The summed E-state index contributed by atoms with van der Waals surface area (Å²) in [5.41, 5.74) is 11.9. The number of phenols is 1. The summed E-state index contributed by atoms with van der Waals surface area (Å²) in [6.45, 7) is 8.03. The van der Waals surface area contributed by atoms with Crippen LogP contribution in [0.5, 0.6) is 5.75 Å².